The summed E-state index contributed by atoms with van der Waals surface area (Å²) in [4.78, 5) is 3.91. The Bertz CT molecular complexity index is 384. The van der Waals surface area contributed by atoms with Gasteiger partial charge in [-0.3, -0.25) is 0 Å². The quantitative estimate of drug-likeness (QED) is 0.881. The number of aliphatic hydroxyl groups is 1. The van der Waals surface area contributed by atoms with Crippen molar-refractivity contribution in [2.45, 2.75) is 45.3 Å². The Morgan fingerprint density at radius 3 is 3.06 bits per heavy atom. The maximum absolute atomic E-state index is 12.9. The van der Waals surface area contributed by atoms with E-state index >= 15 is 0 Å². The van der Waals surface area contributed by atoms with Gasteiger partial charge in [-0.1, -0.05) is 13.3 Å². The lowest BCUT2D eigenvalue weighted by Crippen LogP contribution is -2.25. The summed E-state index contributed by atoms with van der Waals surface area (Å²) in [6.07, 6.45) is 5.67. The Kier molecular flexibility index (Phi) is 3.94. The molecule has 17 heavy (non-hydrogen) atoms. The molecule has 1 heterocycles. The van der Waals surface area contributed by atoms with E-state index in [0.29, 0.717) is 17.4 Å². The Labute approximate surface area is 101 Å². The van der Waals surface area contributed by atoms with Gasteiger partial charge in [0.25, 0.3) is 0 Å². The van der Waals surface area contributed by atoms with Gasteiger partial charge in [0, 0.05) is 5.56 Å². The van der Waals surface area contributed by atoms with Gasteiger partial charge in [-0.15, -0.1) is 0 Å². The number of halogens is 1. The minimum atomic E-state index is -0.446. The standard InChI is InChI=1S/C13H18FNO2/c1-9-3-2-4-12(5-9)17-13-10(8-16)6-11(14)7-15-13/h6-7,9,12,16H,2-5,8H2,1H3. The van der Waals surface area contributed by atoms with Crippen LogP contribution in [-0.2, 0) is 6.61 Å². The second kappa shape index (κ2) is 5.45. The van der Waals surface area contributed by atoms with Gasteiger partial charge >= 0.3 is 0 Å². The number of hydrogen-bond acceptors (Lipinski definition) is 3. The molecule has 1 aliphatic carbocycles. The minimum Gasteiger partial charge on any atom is -0.474 e. The van der Waals surface area contributed by atoms with Crippen molar-refractivity contribution in [3.05, 3.63) is 23.6 Å². The minimum absolute atomic E-state index is 0.141. The number of hydrogen-bond donors (Lipinski definition) is 1. The molecule has 0 saturated heterocycles. The van der Waals surface area contributed by atoms with Crippen molar-refractivity contribution in [1.82, 2.24) is 4.98 Å². The first-order valence-corrected chi connectivity index (χ1v) is 6.11. The smallest absolute Gasteiger partial charge is 0.219 e. The van der Waals surface area contributed by atoms with Crippen LogP contribution in [0.1, 0.15) is 38.2 Å². The number of pyridine rings is 1. The fourth-order valence-corrected chi connectivity index (χ4v) is 2.33. The van der Waals surface area contributed by atoms with E-state index in [-0.39, 0.29) is 12.7 Å². The van der Waals surface area contributed by atoms with E-state index in [2.05, 4.69) is 11.9 Å². The normalized spacial score (nSPS) is 24.6. The molecule has 2 rings (SSSR count). The van der Waals surface area contributed by atoms with Crippen LogP contribution in [0, 0.1) is 11.7 Å². The fourth-order valence-electron chi connectivity index (χ4n) is 2.33. The first-order valence-electron chi connectivity index (χ1n) is 6.11. The summed E-state index contributed by atoms with van der Waals surface area (Å²) in [5, 5.41) is 9.14. The molecule has 1 fully saturated rings. The second-order valence-electron chi connectivity index (χ2n) is 4.79. The molecule has 1 N–H and O–H groups in total. The molecule has 0 bridgehead atoms. The van der Waals surface area contributed by atoms with E-state index in [1.165, 1.54) is 12.5 Å². The zero-order valence-corrected chi connectivity index (χ0v) is 10.0. The van der Waals surface area contributed by atoms with Crippen LogP contribution in [0.3, 0.4) is 0 Å². The van der Waals surface area contributed by atoms with E-state index in [0.717, 1.165) is 25.5 Å². The maximum Gasteiger partial charge on any atom is 0.219 e. The molecular formula is C13H18FNO2. The molecule has 0 amide bonds. The van der Waals surface area contributed by atoms with Crippen LogP contribution in [0.4, 0.5) is 4.39 Å². The first kappa shape index (κ1) is 12.3. The topological polar surface area (TPSA) is 42.4 Å². The van der Waals surface area contributed by atoms with Gasteiger partial charge in [-0.25, -0.2) is 9.37 Å². The molecule has 3 nitrogen and oxygen atoms in total. The molecule has 0 radical (unpaired) electrons. The van der Waals surface area contributed by atoms with Crippen LogP contribution in [-0.4, -0.2) is 16.2 Å². The summed E-state index contributed by atoms with van der Waals surface area (Å²) in [6.45, 7) is 1.96. The molecule has 94 valence electrons. The third kappa shape index (κ3) is 3.16. The zero-order chi connectivity index (χ0) is 12.3. The summed E-state index contributed by atoms with van der Waals surface area (Å²) in [5.41, 5.74) is 0.420. The largest absolute Gasteiger partial charge is 0.474 e. The molecule has 1 saturated carbocycles. The molecule has 1 aromatic heterocycles. The summed E-state index contributed by atoms with van der Waals surface area (Å²) in [7, 11) is 0. The van der Waals surface area contributed by atoms with E-state index in [1.807, 2.05) is 0 Å². The third-order valence-electron chi connectivity index (χ3n) is 3.23. The van der Waals surface area contributed by atoms with Crippen molar-refractivity contribution in [1.29, 1.82) is 0 Å². The highest BCUT2D eigenvalue weighted by molar-refractivity contribution is 5.25. The SMILES string of the molecule is CC1CCCC(Oc2ncc(F)cc2CO)C1. The van der Waals surface area contributed by atoms with E-state index in [9.17, 15) is 4.39 Å². The monoisotopic (exact) mass is 239 g/mol. The molecule has 0 aliphatic heterocycles. The lowest BCUT2D eigenvalue weighted by Gasteiger charge is -2.27. The highest BCUT2D eigenvalue weighted by Crippen LogP contribution is 2.28. The average molecular weight is 239 g/mol. The van der Waals surface area contributed by atoms with Crippen molar-refractivity contribution in [2.24, 2.45) is 5.92 Å². The van der Waals surface area contributed by atoms with Crippen LogP contribution < -0.4 is 4.74 Å². The average Bonchev–Trinajstić information content (AvgIpc) is 2.31. The second-order valence-corrected chi connectivity index (χ2v) is 4.79. The lowest BCUT2D eigenvalue weighted by molar-refractivity contribution is 0.120. The number of aliphatic hydroxyl groups excluding tert-OH is 1. The van der Waals surface area contributed by atoms with E-state index in [1.54, 1.807) is 0 Å². The van der Waals surface area contributed by atoms with Crippen LogP contribution in [0.25, 0.3) is 0 Å². The van der Waals surface area contributed by atoms with Crippen LogP contribution in [0.2, 0.25) is 0 Å². The van der Waals surface area contributed by atoms with Crippen molar-refractivity contribution in [3.63, 3.8) is 0 Å². The predicted octanol–water partition coefficient (Wildman–Crippen LogP) is 2.67. The maximum atomic E-state index is 12.9. The van der Waals surface area contributed by atoms with Crippen LogP contribution >= 0.6 is 0 Å². The Balaban J connectivity index is 2.07. The van der Waals surface area contributed by atoms with E-state index in [4.69, 9.17) is 9.84 Å². The molecule has 1 aromatic rings. The molecule has 0 spiro atoms. The molecule has 4 heteroatoms. The molecule has 1 aliphatic rings. The van der Waals surface area contributed by atoms with Crippen molar-refractivity contribution in [2.75, 3.05) is 0 Å². The van der Waals surface area contributed by atoms with Gasteiger partial charge in [0.05, 0.1) is 12.8 Å². The van der Waals surface area contributed by atoms with Crippen molar-refractivity contribution in [3.8, 4) is 5.88 Å². The number of aromatic nitrogens is 1. The molecular weight excluding hydrogens is 221 g/mol. The van der Waals surface area contributed by atoms with Gasteiger partial charge in [-0.05, 0) is 31.2 Å². The lowest BCUT2D eigenvalue weighted by atomic mass is 9.89. The van der Waals surface area contributed by atoms with Gasteiger partial charge in [0.15, 0.2) is 0 Å². The highest BCUT2D eigenvalue weighted by atomic mass is 19.1. The molecule has 0 aromatic carbocycles. The van der Waals surface area contributed by atoms with Crippen LogP contribution in [0.15, 0.2) is 12.3 Å². The molecule has 2 unspecified atom stereocenters. The van der Waals surface area contributed by atoms with Crippen molar-refractivity contribution >= 4 is 0 Å². The van der Waals surface area contributed by atoms with Crippen molar-refractivity contribution < 1.29 is 14.2 Å². The van der Waals surface area contributed by atoms with Crippen LogP contribution in [0.5, 0.6) is 5.88 Å². The summed E-state index contributed by atoms with van der Waals surface area (Å²) >= 11 is 0. The summed E-state index contributed by atoms with van der Waals surface area (Å²) < 4.78 is 18.7. The Morgan fingerprint density at radius 1 is 1.53 bits per heavy atom. The highest BCUT2D eigenvalue weighted by Gasteiger charge is 2.21. The van der Waals surface area contributed by atoms with Gasteiger partial charge in [0.2, 0.25) is 5.88 Å². The fraction of sp³-hybridized carbons (Fsp3) is 0.615. The number of rotatable bonds is 3. The van der Waals surface area contributed by atoms with Gasteiger partial charge in [-0.2, -0.15) is 0 Å². The third-order valence-corrected chi connectivity index (χ3v) is 3.23. The summed E-state index contributed by atoms with van der Waals surface area (Å²) in [6, 6.07) is 1.27. The first-order chi connectivity index (χ1) is 8.19. The van der Waals surface area contributed by atoms with Gasteiger partial charge < -0.3 is 9.84 Å². The Hall–Kier alpha value is -1.16. The summed E-state index contributed by atoms with van der Waals surface area (Å²) in [5.74, 6) is 0.582. The molecule has 2 atom stereocenters. The zero-order valence-electron chi connectivity index (χ0n) is 10.0. The van der Waals surface area contributed by atoms with Gasteiger partial charge in [0.1, 0.15) is 11.9 Å². The number of nitrogens with zero attached hydrogens (tertiary/aromatic N) is 1. The number of ether oxygens (including phenoxy) is 1. The Morgan fingerprint density at radius 2 is 2.35 bits per heavy atom. The van der Waals surface area contributed by atoms with E-state index < -0.39 is 5.82 Å². The predicted molar refractivity (Wildman–Crippen MR) is 62.2 cm³/mol.